The molecule has 0 atom stereocenters. The maximum absolute atomic E-state index is 13.7. The summed E-state index contributed by atoms with van der Waals surface area (Å²) in [6.45, 7) is 4.22. The van der Waals surface area contributed by atoms with Gasteiger partial charge < -0.3 is 14.5 Å². The molecule has 2 aromatic carbocycles. The van der Waals surface area contributed by atoms with Crippen molar-refractivity contribution in [3.8, 4) is 0 Å². The molecule has 0 unspecified atom stereocenters. The van der Waals surface area contributed by atoms with E-state index in [-0.39, 0.29) is 44.2 Å². The summed E-state index contributed by atoms with van der Waals surface area (Å²) in [5.41, 5.74) is 1.22. The van der Waals surface area contributed by atoms with Crippen LogP contribution in [-0.4, -0.2) is 67.4 Å². The van der Waals surface area contributed by atoms with Crippen LogP contribution in [0.25, 0.3) is 0 Å². The highest BCUT2D eigenvalue weighted by molar-refractivity contribution is 7.89. The van der Waals surface area contributed by atoms with Crippen molar-refractivity contribution in [2.24, 2.45) is 0 Å². The Morgan fingerprint density at radius 1 is 1.03 bits per heavy atom. The van der Waals surface area contributed by atoms with Crippen LogP contribution in [0.15, 0.2) is 53.4 Å². The minimum atomic E-state index is -4.20. The topological polar surface area (TPSA) is 87.2 Å². The van der Waals surface area contributed by atoms with E-state index in [1.165, 1.54) is 40.1 Å². The molecule has 0 bridgehead atoms. The lowest BCUT2D eigenvalue weighted by atomic mass is 10.2. The van der Waals surface area contributed by atoms with Crippen molar-refractivity contribution < 1.29 is 27.1 Å². The van der Waals surface area contributed by atoms with Crippen LogP contribution in [0.2, 0.25) is 0 Å². The van der Waals surface area contributed by atoms with E-state index in [0.29, 0.717) is 5.56 Å². The van der Waals surface area contributed by atoms with Crippen molar-refractivity contribution in [1.29, 1.82) is 0 Å². The average Bonchev–Trinajstić information content (AvgIpc) is 2.77. The Morgan fingerprint density at radius 2 is 1.66 bits per heavy atom. The molecule has 1 aliphatic heterocycles. The Balaban J connectivity index is 1.86. The number of aryl methyl sites for hydroxylation is 1. The summed E-state index contributed by atoms with van der Waals surface area (Å²) in [5, 5.41) is 0. The van der Waals surface area contributed by atoms with Gasteiger partial charge in [-0.1, -0.05) is 29.8 Å². The lowest BCUT2D eigenvalue weighted by Crippen LogP contribution is -2.54. The van der Waals surface area contributed by atoms with Crippen LogP contribution in [0.3, 0.4) is 0 Å². The fourth-order valence-corrected chi connectivity index (χ4v) is 4.72. The van der Waals surface area contributed by atoms with E-state index < -0.39 is 28.0 Å². The fourth-order valence-electron chi connectivity index (χ4n) is 3.35. The first-order valence-corrected chi connectivity index (χ1v) is 11.7. The molecule has 1 fully saturated rings. The number of ether oxygens (including phenoxy) is 1. The Labute approximate surface area is 187 Å². The SMILES string of the molecule is CCOC(=O)N1CCN(C(=O)N(Cc2cccc(F)c2)S(=O)(=O)c2ccc(C)cc2)CC1. The van der Waals surface area contributed by atoms with Crippen molar-refractivity contribution in [2.75, 3.05) is 32.8 Å². The summed E-state index contributed by atoms with van der Waals surface area (Å²) in [5.74, 6) is -0.523. The third-order valence-corrected chi connectivity index (χ3v) is 6.85. The van der Waals surface area contributed by atoms with Gasteiger partial charge in [0.25, 0.3) is 10.0 Å². The number of hydrogen-bond acceptors (Lipinski definition) is 5. The van der Waals surface area contributed by atoms with E-state index in [0.717, 1.165) is 9.87 Å². The molecule has 0 N–H and O–H groups in total. The van der Waals surface area contributed by atoms with Crippen molar-refractivity contribution in [1.82, 2.24) is 14.1 Å². The first kappa shape index (κ1) is 23.5. The third kappa shape index (κ3) is 5.37. The van der Waals surface area contributed by atoms with E-state index in [9.17, 15) is 22.4 Å². The molecular weight excluding hydrogens is 437 g/mol. The summed E-state index contributed by atoms with van der Waals surface area (Å²) in [6.07, 6.45) is -0.469. The highest BCUT2D eigenvalue weighted by Crippen LogP contribution is 2.22. The van der Waals surface area contributed by atoms with Crippen molar-refractivity contribution in [3.63, 3.8) is 0 Å². The van der Waals surface area contributed by atoms with Crippen LogP contribution < -0.4 is 0 Å². The Hall–Kier alpha value is -3.14. The highest BCUT2D eigenvalue weighted by Gasteiger charge is 2.35. The zero-order valence-corrected chi connectivity index (χ0v) is 18.8. The summed E-state index contributed by atoms with van der Waals surface area (Å²) in [4.78, 5) is 28.0. The van der Waals surface area contributed by atoms with Crippen LogP contribution in [0.4, 0.5) is 14.0 Å². The van der Waals surface area contributed by atoms with E-state index >= 15 is 0 Å². The summed E-state index contributed by atoms with van der Waals surface area (Å²) in [6, 6.07) is 10.9. The molecule has 1 aliphatic rings. The average molecular weight is 464 g/mol. The maximum atomic E-state index is 13.7. The summed E-state index contributed by atoms with van der Waals surface area (Å²) >= 11 is 0. The van der Waals surface area contributed by atoms with Gasteiger partial charge in [0.1, 0.15) is 5.82 Å². The molecule has 10 heteroatoms. The maximum Gasteiger partial charge on any atom is 0.409 e. The second-order valence-electron chi connectivity index (χ2n) is 7.41. The molecular formula is C22H26FN3O5S. The van der Waals surface area contributed by atoms with Crippen LogP contribution in [0.5, 0.6) is 0 Å². The number of benzene rings is 2. The minimum Gasteiger partial charge on any atom is -0.450 e. The molecule has 0 aliphatic carbocycles. The number of rotatable bonds is 5. The molecule has 32 heavy (non-hydrogen) atoms. The van der Waals surface area contributed by atoms with Gasteiger partial charge >= 0.3 is 12.1 Å². The van der Waals surface area contributed by atoms with Crippen molar-refractivity contribution >= 4 is 22.1 Å². The molecule has 3 amide bonds. The zero-order chi connectivity index (χ0) is 23.3. The van der Waals surface area contributed by atoms with Crippen LogP contribution >= 0.6 is 0 Å². The Bertz CT molecular complexity index is 1070. The van der Waals surface area contributed by atoms with E-state index in [4.69, 9.17) is 4.74 Å². The zero-order valence-electron chi connectivity index (χ0n) is 18.0. The fraction of sp³-hybridized carbons (Fsp3) is 0.364. The molecule has 2 aromatic rings. The van der Waals surface area contributed by atoms with Gasteiger partial charge in [0.2, 0.25) is 0 Å². The number of carbonyl (C=O) groups excluding carboxylic acids is 2. The smallest absolute Gasteiger partial charge is 0.409 e. The van der Waals surface area contributed by atoms with Crippen molar-refractivity contribution in [2.45, 2.75) is 25.3 Å². The molecule has 8 nitrogen and oxygen atoms in total. The molecule has 0 spiro atoms. The lowest BCUT2D eigenvalue weighted by molar-refractivity contribution is 0.0822. The number of nitrogens with zero attached hydrogens (tertiary/aromatic N) is 3. The minimum absolute atomic E-state index is 0.0296. The number of hydrogen-bond donors (Lipinski definition) is 0. The predicted molar refractivity (Wildman–Crippen MR) is 116 cm³/mol. The predicted octanol–water partition coefficient (Wildman–Crippen LogP) is 3.22. The molecule has 0 saturated carbocycles. The van der Waals surface area contributed by atoms with E-state index in [1.54, 1.807) is 25.1 Å². The van der Waals surface area contributed by atoms with Gasteiger partial charge in [-0.15, -0.1) is 0 Å². The van der Waals surface area contributed by atoms with E-state index in [1.807, 2.05) is 6.92 Å². The number of piperazine rings is 1. The molecule has 3 rings (SSSR count). The Morgan fingerprint density at radius 3 is 2.25 bits per heavy atom. The van der Waals surface area contributed by atoms with Gasteiger partial charge in [-0.2, -0.15) is 0 Å². The second kappa shape index (κ2) is 9.99. The molecule has 0 aromatic heterocycles. The number of halogens is 1. The summed E-state index contributed by atoms with van der Waals surface area (Å²) in [7, 11) is -4.20. The first-order chi connectivity index (χ1) is 15.2. The van der Waals surface area contributed by atoms with E-state index in [2.05, 4.69) is 0 Å². The summed E-state index contributed by atoms with van der Waals surface area (Å²) < 4.78 is 46.2. The van der Waals surface area contributed by atoms with Gasteiger partial charge in [0, 0.05) is 26.2 Å². The monoisotopic (exact) mass is 463 g/mol. The number of sulfonamides is 1. The van der Waals surface area contributed by atoms with Crippen LogP contribution in [0, 0.1) is 12.7 Å². The Kier molecular flexibility index (Phi) is 7.34. The standard InChI is InChI=1S/C22H26FN3O5S/c1-3-31-22(28)25-13-11-24(12-14-25)21(27)26(16-18-5-4-6-19(23)15-18)32(29,30)20-9-7-17(2)8-10-20/h4-10,15H,3,11-14,16H2,1-2H3. The highest BCUT2D eigenvalue weighted by atomic mass is 32.2. The van der Waals surface area contributed by atoms with Crippen molar-refractivity contribution in [3.05, 3.63) is 65.5 Å². The first-order valence-electron chi connectivity index (χ1n) is 10.3. The molecule has 172 valence electrons. The third-order valence-electron chi connectivity index (χ3n) is 5.11. The quantitative estimate of drug-likeness (QED) is 0.680. The number of amides is 3. The molecule has 1 heterocycles. The van der Waals surface area contributed by atoms with Gasteiger partial charge in [-0.25, -0.2) is 26.7 Å². The van der Waals surface area contributed by atoms with Crippen LogP contribution in [0.1, 0.15) is 18.1 Å². The second-order valence-corrected chi connectivity index (χ2v) is 9.27. The molecule has 1 saturated heterocycles. The van der Waals surface area contributed by atoms with Gasteiger partial charge in [-0.05, 0) is 43.7 Å². The number of carbonyl (C=O) groups is 2. The van der Waals surface area contributed by atoms with Crippen LogP contribution in [-0.2, 0) is 21.3 Å². The largest absolute Gasteiger partial charge is 0.450 e. The number of urea groups is 1. The van der Waals surface area contributed by atoms with Gasteiger partial charge in [0.05, 0.1) is 18.0 Å². The lowest BCUT2D eigenvalue weighted by Gasteiger charge is -2.36. The van der Waals surface area contributed by atoms with Gasteiger partial charge in [-0.3, -0.25) is 0 Å². The molecule has 0 radical (unpaired) electrons. The normalized spacial score (nSPS) is 14.2. The van der Waals surface area contributed by atoms with Gasteiger partial charge in [0.15, 0.2) is 0 Å².